The number of hydrogen-bond donors (Lipinski definition) is 0. The molecule has 0 aliphatic heterocycles. The van der Waals surface area contributed by atoms with Crippen molar-refractivity contribution in [2.24, 2.45) is 5.92 Å². The lowest BCUT2D eigenvalue weighted by Crippen LogP contribution is -2.38. The van der Waals surface area contributed by atoms with Crippen LogP contribution in [0, 0.1) is 5.92 Å². The van der Waals surface area contributed by atoms with E-state index in [2.05, 4.69) is 6.58 Å². The van der Waals surface area contributed by atoms with Crippen LogP contribution < -0.4 is 9.47 Å². The summed E-state index contributed by atoms with van der Waals surface area (Å²) >= 11 is 0. The largest absolute Gasteiger partial charge is 0.493 e. The third-order valence-electron chi connectivity index (χ3n) is 3.87. The fourth-order valence-corrected chi connectivity index (χ4v) is 2.27. The second-order valence-electron chi connectivity index (χ2n) is 7.03. The van der Waals surface area contributed by atoms with Gasteiger partial charge in [0.25, 0.3) is 0 Å². The molecule has 1 aromatic carbocycles. The molecule has 0 amide bonds. The summed E-state index contributed by atoms with van der Waals surface area (Å²) in [5, 5.41) is 0. The number of carbonyl (C=O) groups is 3. The second kappa shape index (κ2) is 9.92. The van der Waals surface area contributed by atoms with E-state index in [0.29, 0.717) is 11.5 Å². The van der Waals surface area contributed by atoms with Crippen molar-refractivity contribution in [3.63, 3.8) is 0 Å². The molecule has 0 N–H and O–H groups in total. The molecule has 0 saturated carbocycles. The van der Waals surface area contributed by atoms with Crippen LogP contribution >= 0.6 is 0 Å². The van der Waals surface area contributed by atoms with E-state index in [1.807, 2.05) is 0 Å². The third kappa shape index (κ3) is 6.40. The molecule has 1 unspecified atom stereocenters. The summed E-state index contributed by atoms with van der Waals surface area (Å²) in [5.74, 6) is -1.52. The van der Waals surface area contributed by atoms with Crippen LogP contribution in [-0.4, -0.2) is 37.2 Å². The van der Waals surface area contributed by atoms with Crippen LogP contribution in [0.5, 0.6) is 11.5 Å². The van der Waals surface area contributed by atoms with Crippen LogP contribution in [0.25, 0.3) is 0 Å². The van der Waals surface area contributed by atoms with Gasteiger partial charge in [0.15, 0.2) is 11.5 Å². The van der Waals surface area contributed by atoms with Crippen molar-refractivity contribution in [2.45, 2.75) is 46.1 Å². The summed E-state index contributed by atoms with van der Waals surface area (Å²) in [4.78, 5) is 35.1. The minimum Gasteiger partial charge on any atom is -0.493 e. The summed E-state index contributed by atoms with van der Waals surface area (Å²) in [6.45, 7) is 11.4. The number of esters is 3. The number of hydrogen-bond acceptors (Lipinski definition) is 7. The minimum atomic E-state index is -1.38. The Kier molecular flexibility index (Phi) is 8.22. The van der Waals surface area contributed by atoms with Crippen LogP contribution in [0.1, 0.15) is 46.1 Å². The first-order valence-corrected chi connectivity index (χ1v) is 8.90. The van der Waals surface area contributed by atoms with Crippen molar-refractivity contribution in [3.05, 3.63) is 36.4 Å². The summed E-state index contributed by atoms with van der Waals surface area (Å²) in [6.07, 6.45) is 1.63. The van der Waals surface area contributed by atoms with Crippen molar-refractivity contribution < 1.29 is 33.3 Å². The van der Waals surface area contributed by atoms with Gasteiger partial charge in [0.1, 0.15) is 6.61 Å². The number of rotatable bonds is 9. The third-order valence-corrected chi connectivity index (χ3v) is 3.87. The van der Waals surface area contributed by atoms with E-state index in [1.165, 1.54) is 27.9 Å². The van der Waals surface area contributed by atoms with Gasteiger partial charge >= 0.3 is 17.9 Å². The van der Waals surface area contributed by atoms with E-state index < -0.39 is 17.5 Å². The van der Waals surface area contributed by atoms with Gasteiger partial charge in [-0.25, -0.2) is 4.79 Å². The minimum absolute atomic E-state index is 0.00130. The van der Waals surface area contributed by atoms with E-state index in [4.69, 9.17) is 18.9 Å². The first-order valence-electron chi connectivity index (χ1n) is 8.90. The van der Waals surface area contributed by atoms with Gasteiger partial charge in [-0.3, -0.25) is 9.59 Å². The quantitative estimate of drug-likeness (QED) is 0.361. The molecule has 0 saturated heterocycles. The zero-order valence-electron chi connectivity index (χ0n) is 17.2. The highest BCUT2D eigenvalue weighted by Gasteiger charge is 2.33. The molecule has 154 valence electrons. The molecule has 0 spiro atoms. The van der Waals surface area contributed by atoms with Gasteiger partial charge < -0.3 is 18.9 Å². The van der Waals surface area contributed by atoms with Crippen molar-refractivity contribution in [1.29, 1.82) is 0 Å². The molecule has 0 fully saturated rings. The van der Waals surface area contributed by atoms with Gasteiger partial charge in [-0.15, -0.1) is 6.58 Å². The molecule has 7 nitrogen and oxygen atoms in total. The molecule has 0 heterocycles. The molecule has 7 heteroatoms. The van der Waals surface area contributed by atoms with Crippen molar-refractivity contribution in [1.82, 2.24) is 0 Å². The Morgan fingerprint density at radius 3 is 2.32 bits per heavy atom. The zero-order chi connectivity index (χ0) is 21.5. The van der Waals surface area contributed by atoms with E-state index in [1.54, 1.807) is 38.1 Å². The number of benzene rings is 1. The van der Waals surface area contributed by atoms with Gasteiger partial charge in [-0.2, -0.15) is 0 Å². The lowest BCUT2D eigenvalue weighted by Gasteiger charge is -2.23. The van der Waals surface area contributed by atoms with Gasteiger partial charge in [0.05, 0.1) is 13.0 Å². The van der Waals surface area contributed by atoms with Crippen LogP contribution in [0.2, 0.25) is 0 Å². The fourth-order valence-electron chi connectivity index (χ4n) is 2.27. The SMILES string of the molecule is C=CC(COC(=O)C(C)(C)OC(C)=O)c1ccc(OC(=O)C(C)C)c(OC)c1. The molecular formula is C21H28O7. The smallest absolute Gasteiger partial charge is 0.350 e. The zero-order valence-corrected chi connectivity index (χ0v) is 17.2. The van der Waals surface area contributed by atoms with E-state index in [-0.39, 0.29) is 24.4 Å². The van der Waals surface area contributed by atoms with E-state index in [9.17, 15) is 14.4 Å². The van der Waals surface area contributed by atoms with Crippen LogP contribution in [0.15, 0.2) is 30.9 Å². The topological polar surface area (TPSA) is 88.1 Å². The molecule has 1 rings (SSSR count). The predicted molar refractivity (Wildman–Crippen MR) is 103 cm³/mol. The Balaban J connectivity index is 2.92. The maximum Gasteiger partial charge on any atom is 0.350 e. The highest BCUT2D eigenvalue weighted by molar-refractivity contribution is 5.82. The van der Waals surface area contributed by atoms with Crippen molar-refractivity contribution in [3.8, 4) is 11.5 Å². The molecule has 28 heavy (non-hydrogen) atoms. The molecule has 0 bridgehead atoms. The standard InChI is InChI=1S/C21H28O7/c1-8-15(12-26-20(24)21(5,6)28-14(4)22)16-9-10-17(18(11-16)25-7)27-19(23)13(2)3/h8-11,13,15H,1,12H2,2-7H3. The monoisotopic (exact) mass is 392 g/mol. The molecule has 0 radical (unpaired) electrons. The predicted octanol–water partition coefficient (Wildman–Crippen LogP) is 3.41. The maximum absolute atomic E-state index is 12.2. The van der Waals surface area contributed by atoms with Gasteiger partial charge in [-0.1, -0.05) is 26.0 Å². The van der Waals surface area contributed by atoms with E-state index in [0.717, 1.165) is 5.56 Å². The number of carbonyl (C=O) groups excluding carboxylic acids is 3. The van der Waals surface area contributed by atoms with Crippen LogP contribution in [0.4, 0.5) is 0 Å². The van der Waals surface area contributed by atoms with Gasteiger partial charge in [-0.05, 0) is 31.5 Å². The molecule has 0 aromatic heterocycles. The Hall–Kier alpha value is -2.83. The summed E-state index contributed by atoms with van der Waals surface area (Å²) in [5.41, 5.74) is -0.626. The van der Waals surface area contributed by atoms with Crippen molar-refractivity contribution >= 4 is 17.9 Å². The number of methoxy groups -OCH3 is 1. The van der Waals surface area contributed by atoms with Crippen LogP contribution in [-0.2, 0) is 23.9 Å². The molecular weight excluding hydrogens is 364 g/mol. The summed E-state index contributed by atoms with van der Waals surface area (Å²) in [6, 6.07) is 5.05. The van der Waals surface area contributed by atoms with E-state index >= 15 is 0 Å². The number of ether oxygens (including phenoxy) is 4. The summed E-state index contributed by atoms with van der Waals surface area (Å²) < 4.78 is 20.9. The molecule has 0 aliphatic rings. The molecule has 0 aliphatic carbocycles. The first-order chi connectivity index (χ1) is 13.0. The Bertz CT molecular complexity index is 734. The lowest BCUT2D eigenvalue weighted by molar-refractivity contribution is -0.177. The average molecular weight is 392 g/mol. The lowest BCUT2D eigenvalue weighted by atomic mass is 9.99. The Labute approximate surface area is 165 Å². The second-order valence-corrected chi connectivity index (χ2v) is 7.03. The first kappa shape index (κ1) is 23.2. The summed E-state index contributed by atoms with van der Waals surface area (Å²) in [7, 11) is 1.47. The highest BCUT2D eigenvalue weighted by atomic mass is 16.6. The van der Waals surface area contributed by atoms with Gasteiger partial charge in [0, 0.05) is 12.8 Å². The fraction of sp³-hybridized carbons (Fsp3) is 0.476. The van der Waals surface area contributed by atoms with Crippen molar-refractivity contribution in [2.75, 3.05) is 13.7 Å². The normalized spacial score (nSPS) is 12.1. The van der Waals surface area contributed by atoms with Crippen LogP contribution in [0.3, 0.4) is 0 Å². The Morgan fingerprint density at radius 2 is 1.82 bits per heavy atom. The maximum atomic E-state index is 12.2. The molecule has 1 aromatic rings. The average Bonchev–Trinajstić information content (AvgIpc) is 2.61. The Morgan fingerprint density at radius 1 is 1.18 bits per heavy atom. The molecule has 1 atom stereocenters. The van der Waals surface area contributed by atoms with Gasteiger partial charge in [0.2, 0.25) is 5.60 Å². The highest BCUT2D eigenvalue weighted by Crippen LogP contribution is 2.32.